The minimum Gasteiger partial charge on any atom is -0.457 e. The van der Waals surface area contributed by atoms with Crippen molar-refractivity contribution in [2.45, 2.75) is 127 Å². The van der Waals surface area contributed by atoms with Crippen molar-refractivity contribution in [3.05, 3.63) is 222 Å². The number of aromatic nitrogens is 4. The average Bonchev–Trinajstić information content (AvgIpc) is 3.97. The Kier molecular flexibility index (Phi) is 11.8. The van der Waals surface area contributed by atoms with Gasteiger partial charge in [-0.2, -0.15) is 9.13 Å². The summed E-state index contributed by atoms with van der Waals surface area (Å²) in [7, 11) is 0. The second kappa shape index (κ2) is 18.4. The molecule has 3 heterocycles. The molecule has 0 spiro atoms. The Morgan fingerprint density at radius 1 is 0.479 bits per heavy atom. The molecule has 2 aliphatic rings. The summed E-state index contributed by atoms with van der Waals surface area (Å²) in [5.74, 6) is 2.49. The summed E-state index contributed by atoms with van der Waals surface area (Å²) in [5.41, 5.74) is 14.8. The molecule has 0 atom stereocenters. The monoisotopic (exact) mass is 958 g/mol. The van der Waals surface area contributed by atoms with Crippen molar-refractivity contribution in [3.8, 4) is 28.7 Å². The van der Waals surface area contributed by atoms with E-state index in [2.05, 4.69) is 237 Å². The van der Waals surface area contributed by atoms with E-state index in [0.29, 0.717) is 0 Å². The summed E-state index contributed by atoms with van der Waals surface area (Å²) >= 11 is 0. The molecule has 0 amide bonds. The summed E-state index contributed by atoms with van der Waals surface area (Å²) in [6.07, 6.45) is 16.3. The normalized spacial score (nSPS) is 16.0. The van der Waals surface area contributed by atoms with E-state index in [1.165, 1.54) is 93.9 Å². The van der Waals surface area contributed by atoms with Gasteiger partial charge in [-0.15, -0.1) is 0 Å². The Morgan fingerprint density at radius 2 is 1.05 bits per heavy atom. The van der Waals surface area contributed by atoms with Gasteiger partial charge in [0.05, 0.1) is 11.0 Å². The fourth-order valence-corrected chi connectivity index (χ4v) is 12.9. The van der Waals surface area contributed by atoms with Crippen molar-refractivity contribution in [2.24, 2.45) is 0 Å². The van der Waals surface area contributed by atoms with Crippen molar-refractivity contribution in [3.63, 3.8) is 0 Å². The van der Waals surface area contributed by atoms with Gasteiger partial charge in [-0.05, 0) is 113 Å². The van der Waals surface area contributed by atoms with Gasteiger partial charge in [0.25, 0.3) is 6.33 Å². The van der Waals surface area contributed by atoms with Crippen LogP contribution in [0.4, 0.5) is 0 Å². The van der Waals surface area contributed by atoms with Gasteiger partial charge in [-0.25, -0.2) is 4.98 Å². The molecule has 7 aromatic carbocycles. The highest BCUT2D eigenvalue weighted by Crippen LogP contribution is 2.52. The van der Waals surface area contributed by atoms with Gasteiger partial charge in [-0.1, -0.05) is 189 Å². The number of rotatable bonds is 9. The molecule has 12 rings (SSSR count). The van der Waals surface area contributed by atoms with Crippen LogP contribution in [0.1, 0.15) is 139 Å². The molecule has 366 valence electrons. The Bertz CT molecular complexity index is 3550. The predicted molar refractivity (Wildman–Crippen MR) is 301 cm³/mol. The number of nitrogens with zero attached hydrogens (tertiary/aromatic N) is 4. The molecule has 0 bridgehead atoms. The molecule has 10 aromatic rings. The highest BCUT2D eigenvalue weighted by atomic mass is 16.5. The molecule has 3 aromatic heterocycles. The summed E-state index contributed by atoms with van der Waals surface area (Å²) in [6.45, 7) is 13.7. The van der Waals surface area contributed by atoms with Gasteiger partial charge in [-0.3, -0.25) is 4.57 Å². The summed E-state index contributed by atoms with van der Waals surface area (Å²) in [4.78, 5) is 4.96. The maximum absolute atomic E-state index is 7.12. The number of hydrogen-bond acceptors (Lipinski definition) is 2. The molecule has 0 saturated heterocycles. The largest absolute Gasteiger partial charge is 0.457 e. The van der Waals surface area contributed by atoms with Gasteiger partial charge in [0, 0.05) is 51.1 Å². The number of pyridine rings is 1. The Hall–Kier alpha value is -7.24. The zero-order chi connectivity index (χ0) is 50.0. The molecular formula is C68H69N4O+. The van der Waals surface area contributed by atoms with Crippen LogP contribution in [-0.4, -0.2) is 14.1 Å². The van der Waals surface area contributed by atoms with E-state index in [-0.39, 0.29) is 21.7 Å². The third-order valence-electron chi connectivity index (χ3n) is 16.8. The number of hydrogen-bond donors (Lipinski definition) is 0. The standard InChI is InChI=1S/C68H69N4O/c1-65(2,3)50-36-41-69-63(44-50)72-59-31-16-15-28-55(59)56-35-34-53(46-62(56)72)73-54-43-51(66(4,5)6)42-52(45-54)70-47-71(61-33-18-17-32-60(61)70)64-57(67(37-19-9-20-38-67)48-24-11-7-12-25-48)29-23-30-58(64)68(39-21-10-22-40-68)49-26-13-8-14-27-49/h7-8,11-18,23-36,41-47H,9-10,19-22,37-40H2,1-6H3/q+1. The van der Waals surface area contributed by atoms with Crippen molar-refractivity contribution < 1.29 is 9.30 Å². The van der Waals surface area contributed by atoms with Crippen LogP contribution >= 0.6 is 0 Å². The van der Waals surface area contributed by atoms with Gasteiger partial charge in [0.1, 0.15) is 28.7 Å². The second-order valence-corrected chi connectivity index (χ2v) is 23.3. The molecule has 2 saturated carbocycles. The third kappa shape index (κ3) is 8.26. The third-order valence-corrected chi connectivity index (χ3v) is 16.8. The summed E-state index contributed by atoms with van der Waals surface area (Å²) < 4.78 is 14.4. The van der Waals surface area contributed by atoms with Gasteiger partial charge >= 0.3 is 0 Å². The van der Waals surface area contributed by atoms with Crippen LogP contribution in [-0.2, 0) is 21.7 Å². The minimum atomic E-state index is -0.154. The second-order valence-electron chi connectivity index (χ2n) is 23.3. The van der Waals surface area contributed by atoms with E-state index in [4.69, 9.17) is 9.72 Å². The molecule has 5 nitrogen and oxygen atoms in total. The quantitative estimate of drug-likeness (QED) is 0.135. The molecule has 5 heteroatoms. The number of imidazole rings is 1. The van der Waals surface area contributed by atoms with E-state index in [0.717, 1.165) is 65.2 Å². The smallest absolute Gasteiger partial charge is 0.255 e. The first-order valence-corrected chi connectivity index (χ1v) is 27.0. The zero-order valence-corrected chi connectivity index (χ0v) is 43.7. The molecule has 0 aliphatic heterocycles. The highest BCUT2D eigenvalue weighted by Gasteiger charge is 2.45. The first kappa shape index (κ1) is 46.8. The van der Waals surface area contributed by atoms with Crippen molar-refractivity contribution in [1.29, 1.82) is 0 Å². The van der Waals surface area contributed by atoms with Crippen LogP contribution in [0.5, 0.6) is 11.5 Å². The van der Waals surface area contributed by atoms with Gasteiger partial charge in [0.15, 0.2) is 11.0 Å². The first-order valence-electron chi connectivity index (χ1n) is 27.0. The lowest BCUT2D eigenvalue weighted by atomic mass is 9.61. The van der Waals surface area contributed by atoms with Gasteiger partial charge in [0.2, 0.25) is 0 Å². The Labute approximate surface area is 432 Å². The van der Waals surface area contributed by atoms with E-state index >= 15 is 0 Å². The van der Waals surface area contributed by atoms with E-state index in [1.54, 1.807) is 0 Å². The average molecular weight is 958 g/mol. The molecule has 2 fully saturated rings. The van der Waals surface area contributed by atoms with Crippen molar-refractivity contribution in [2.75, 3.05) is 0 Å². The number of benzene rings is 7. The molecule has 2 aliphatic carbocycles. The van der Waals surface area contributed by atoms with E-state index in [9.17, 15) is 0 Å². The molecule has 0 unspecified atom stereocenters. The molecule has 73 heavy (non-hydrogen) atoms. The fraction of sp³-hybridized carbons (Fsp3) is 0.294. The van der Waals surface area contributed by atoms with Crippen LogP contribution in [0.2, 0.25) is 0 Å². The maximum Gasteiger partial charge on any atom is 0.255 e. The topological polar surface area (TPSA) is 35.9 Å². The summed E-state index contributed by atoms with van der Waals surface area (Å²) in [5, 5.41) is 2.36. The van der Waals surface area contributed by atoms with E-state index in [1.807, 2.05) is 6.20 Å². The van der Waals surface area contributed by atoms with Crippen LogP contribution in [0.25, 0.3) is 50.0 Å². The van der Waals surface area contributed by atoms with Crippen LogP contribution in [0.15, 0.2) is 188 Å². The summed E-state index contributed by atoms with van der Waals surface area (Å²) in [6, 6.07) is 65.9. The van der Waals surface area contributed by atoms with Crippen LogP contribution in [0.3, 0.4) is 0 Å². The Balaban J connectivity index is 1.06. The predicted octanol–water partition coefficient (Wildman–Crippen LogP) is 17.3. The van der Waals surface area contributed by atoms with Crippen LogP contribution < -0.4 is 9.30 Å². The van der Waals surface area contributed by atoms with E-state index < -0.39 is 0 Å². The first-order chi connectivity index (χ1) is 35.4. The molecular weight excluding hydrogens is 889 g/mol. The molecule has 0 N–H and O–H groups in total. The molecule has 0 radical (unpaired) electrons. The lowest BCUT2D eigenvalue weighted by molar-refractivity contribution is -0.569. The lowest BCUT2D eigenvalue weighted by Crippen LogP contribution is -2.42. The fourth-order valence-electron chi connectivity index (χ4n) is 12.9. The SMILES string of the molecule is CC(C)(C)c1cc(Oc2ccc3c4ccccc4n(-c4cc(C(C)(C)C)ccn4)c3c2)cc(-n2c[n+](-c3c(C4(c5ccccc5)CCCCC4)cccc3C3(c4ccccc4)CCCCC3)c3ccccc32)c1. The van der Waals surface area contributed by atoms with Gasteiger partial charge < -0.3 is 4.74 Å². The van der Waals surface area contributed by atoms with Crippen molar-refractivity contribution in [1.82, 2.24) is 14.1 Å². The van der Waals surface area contributed by atoms with Crippen molar-refractivity contribution >= 4 is 32.8 Å². The Morgan fingerprint density at radius 3 is 1.68 bits per heavy atom. The highest BCUT2D eigenvalue weighted by molar-refractivity contribution is 6.09. The number of para-hydroxylation sites is 4. The maximum atomic E-state index is 7.12. The number of ether oxygens (including phenoxy) is 1. The number of fused-ring (bicyclic) bond motifs is 4. The van der Waals surface area contributed by atoms with Crippen LogP contribution in [0, 0.1) is 0 Å². The lowest BCUT2D eigenvalue weighted by Gasteiger charge is -2.43. The minimum absolute atomic E-state index is 0.0179. The zero-order valence-electron chi connectivity index (χ0n) is 43.7.